The highest BCUT2D eigenvalue weighted by Crippen LogP contribution is 2.13. The molecule has 0 aliphatic carbocycles. The number of aryl methyl sites for hydroxylation is 1. The largest absolute Gasteiger partial charge is 0.356 e. The van der Waals surface area contributed by atoms with Crippen LogP contribution in [0.2, 0.25) is 0 Å². The molecule has 3 nitrogen and oxygen atoms in total. The molecular formula is C16H24N2O. The smallest absolute Gasteiger partial charge is 0.220 e. The highest BCUT2D eigenvalue weighted by atomic mass is 16.1. The maximum absolute atomic E-state index is 11.8. The van der Waals surface area contributed by atoms with E-state index in [4.69, 9.17) is 0 Å². The van der Waals surface area contributed by atoms with E-state index in [1.165, 1.54) is 18.4 Å². The van der Waals surface area contributed by atoms with Gasteiger partial charge in [-0.05, 0) is 44.2 Å². The van der Waals surface area contributed by atoms with Gasteiger partial charge in [-0.15, -0.1) is 0 Å². The van der Waals surface area contributed by atoms with Gasteiger partial charge < -0.3 is 10.6 Å². The van der Waals surface area contributed by atoms with Crippen molar-refractivity contribution in [1.29, 1.82) is 0 Å². The molecule has 1 amide bonds. The molecule has 2 N–H and O–H groups in total. The van der Waals surface area contributed by atoms with Crippen LogP contribution in [-0.4, -0.2) is 25.0 Å². The second-order valence-electron chi connectivity index (χ2n) is 5.54. The highest BCUT2D eigenvalue weighted by molar-refractivity contribution is 5.76. The number of carbonyl (C=O) groups excluding carboxylic acids is 1. The number of piperidine rings is 1. The van der Waals surface area contributed by atoms with Crippen LogP contribution < -0.4 is 10.6 Å². The number of carbonyl (C=O) groups is 1. The third-order valence-corrected chi connectivity index (χ3v) is 3.83. The van der Waals surface area contributed by atoms with E-state index in [-0.39, 0.29) is 5.91 Å². The SMILES string of the molecule is CC1CCC(CNC(=O)CCc2ccccc2)CN1. The van der Waals surface area contributed by atoms with Gasteiger partial charge in [-0.3, -0.25) is 4.79 Å². The Morgan fingerprint density at radius 2 is 2.11 bits per heavy atom. The van der Waals surface area contributed by atoms with Crippen LogP contribution >= 0.6 is 0 Å². The number of rotatable bonds is 5. The van der Waals surface area contributed by atoms with Gasteiger partial charge in [0.2, 0.25) is 5.91 Å². The van der Waals surface area contributed by atoms with Gasteiger partial charge in [-0.2, -0.15) is 0 Å². The lowest BCUT2D eigenvalue weighted by Crippen LogP contribution is -2.42. The third kappa shape index (κ3) is 5.03. The van der Waals surface area contributed by atoms with Crippen molar-refractivity contribution >= 4 is 5.91 Å². The highest BCUT2D eigenvalue weighted by Gasteiger charge is 2.17. The van der Waals surface area contributed by atoms with Crippen LogP contribution in [0.4, 0.5) is 0 Å². The van der Waals surface area contributed by atoms with E-state index in [1.54, 1.807) is 0 Å². The summed E-state index contributed by atoms with van der Waals surface area (Å²) < 4.78 is 0. The predicted octanol–water partition coefficient (Wildman–Crippen LogP) is 2.12. The van der Waals surface area contributed by atoms with E-state index in [0.717, 1.165) is 19.5 Å². The minimum absolute atomic E-state index is 0.169. The minimum atomic E-state index is 0.169. The average molecular weight is 260 g/mol. The van der Waals surface area contributed by atoms with Crippen molar-refractivity contribution in [3.63, 3.8) is 0 Å². The number of amides is 1. The topological polar surface area (TPSA) is 41.1 Å². The van der Waals surface area contributed by atoms with Crippen molar-refractivity contribution in [2.75, 3.05) is 13.1 Å². The Morgan fingerprint density at radius 1 is 1.32 bits per heavy atom. The molecular weight excluding hydrogens is 236 g/mol. The van der Waals surface area contributed by atoms with Crippen molar-refractivity contribution in [2.45, 2.75) is 38.6 Å². The lowest BCUT2D eigenvalue weighted by molar-refractivity contribution is -0.121. The molecule has 0 spiro atoms. The molecule has 2 atom stereocenters. The van der Waals surface area contributed by atoms with Gasteiger partial charge >= 0.3 is 0 Å². The summed E-state index contributed by atoms with van der Waals surface area (Å²) in [6, 6.07) is 10.8. The molecule has 0 bridgehead atoms. The van der Waals surface area contributed by atoms with E-state index in [1.807, 2.05) is 18.2 Å². The first-order valence-electron chi connectivity index (χ1n) is 7.28. The van der Waals surface area contributed by atoms with E-state index >= 15 is 0 Å². The van der Waals surface area contributed by atoms with E-state index in [9.17, 15) is 4.79 Å². The standard InChI is InChI=1S/C16H24N2O/c1-13-7-8-15(11-17-13)12-18-16(19)10-9-14-5-3-2-4-6-14/h2-6,13,15,17H,7-12H2,1H3,(H,18,19). The van der Waals surface area contributed by atoms with Gasteiger partial charge in [0.1, 0.15) is 0 Å². The normalized spacial score (nSPS) is 23.0. The molecule has 0 aromatic heterocycles. The van der Waals surface area contributed by atoms with Crippen LogP contribution in [0, 0.1) is 5.92 Å². The molecule has 1 aromatic rings. The number of nitrogens with one attached hydrogen (secondary N) is 2. The van der Waals surface area contributed by atoms with Crippen molar-refractivity contribution in [3.8, 4) is 0 Å². The van der Waals surface area contributed by atoms with E-state index in [0.29, 0.717) is 18.4 Å². The molecule has 1 aromatic carbocycles. The van der Waals surface area contributed by atoms with Crippen LogP contribution in [0.5, 0.6) is 0 Å². The predicted molar refractivity (Wildman–Crippen MR) is 78.0 cm³/mol. The summed E-state index contributed by atoms with van der Waals surface area (Å²) in [6.45, 7) is 4.06. The third-order valence-electron chi connectivity index (χ3n) is 3.83. The lowest BCUT2D eigenvalue weighted by atomic mass is 9.95. The summed E-state index contributed by atoms with van der Waals surface area (Å²) in [7, 11) is 0. The summed E-state index contributed by atoms with van der Waals surface area (Å²) in [6.07, 6.45) is 3.84. The fraction of sp³-hybridized carbons (Fsp3) is 0.562. The summed E-state index contributed by atoms with van der Waals surface area (Å²) in [5.41, 5.74) is 1.23. The van der Waals surface area contributed by atoms with Gasteiger partial charge in [0.15, 0.2) is 0 Å². The fourth-order valence-electron chi connectivity index (χ4n) is 2.48. The van der Waals surface area contributed by atoms with Gasteiger partial charge in [-0.25, -0.2) is 0 Å². The number of benzene rings is 1. The Hall–Kier alpha value is -1.35. The second kappa shape index (κ2) is 7.29. The summed E-state index contributed by atoms with van der Waals surface area (Å²) >= 11 is 0. The Morgan fingerprint density at radius 3 is 2.79 bits per heavy atom. The maximum atomic E-state index is 11.8. The van der Waals surface area contributed by atoms with Crippen LogP contribution in [-0.2, 0) is 11.2 Å². The van der Waals surface area contributed by atoms with Crippen LogP contribution in [0.1, 0.15) is 31.7 Å². The molecule has 1 aliphatic heterocycles. The zero-order valence-electron chi connectivity index (χ0n) is 11.7. The first-order valence-corrected chi connectivity index (χ1v) is 7.28. The zero-order valence-corrected chi connectivity index (χ0v) is 11.7. The van der Waals surface area contributed by atoms with E-state index < -0.39 is 0 Å². The second-order valence-corrected chi connectivity index (χ2v) is 5.54. The monoisotopic (exact) mass is 260 g/mol. The van der Waals surface area contributed by atoms with Crippen LogP contribution in [0.15, 0.2) is 30.3 Å². The molecule has 1 saturated heterocycles. The summed E-state index contributed by atoms with van der Waals surface area (Å²) in [5, 5.41) is 6.52. The molecule has 2 unspecified atom stereocenters. The Kier molecular flexibility index (Phi) is 5.40. The Balaban J connectivity index is 1.62. The van der Waals surface area contributed by atoms with Crippen LogP contribution in [0.3, 0.4) is 0 Å². The van der Waals surface area contributed by atoms with Gasteiger partial charge in [0.05, 0.1) is 0 Å². The van der Waals surface area contributed by atoms with Gasteiger partial charge in [0, 0.05) is 19.0 Å². The van der Waals surface area contributed by atoms with Crippen molar-refractivity contribution in [2.24, 2.45) is 5.92 Å². The lowest BCUT2D eigenvalue weighted by Gasteiger charge is -2.27. The van der Waals surface area contributed by atoms with Gasteiger partial charge in [0.25, 0.3) is 0 Å². The summed E-state index contributed by atoms with van der Waals surface area (Å²) in [4.78, 5) is 11.8. The molecule has 0 saturated carbocycles. The zero-order chi connectivity index (χ0) is 13.5. The molecule has 19 heavy (non-hydrogen) atoms. The Bertz CT molecular complexity index is 383. The maximum Gasteiger partial charge on any atom is 0.220 e. The molecule has 1 heterocycles. The Labute approximate surface area is 115 Å². The van der Waals surface area contributed by atoms with Crippen molar-refractivity contribution < 1.29 is 4.79 Å². The average Bonchev–Trinajstić information content (AvgIpc) is 2.45. The minimum Gasteiger partial charge on any atom is -0.356 e. The fourth-order valence-corrected chi connectivity index (χ4v) is 2.48. The first-order chi connectivity index (χ1) is 9.24. The number of hydrogen-bond donors (Lipinski definition) is 2. The molecule has 1 aliphatic rings. The van der Waals surface area contributed by atoms with Crippen molar-refractivity contribution in [1.82, 2.24) is 10.6 Å². The number of hydrogen-bond acceptors (Lipinski definition) is 2. The van der Waals surface area contributed by atoms with Crippen molar-refractivity contribution in [3.05, 3.63) is 35.9 Å². The van der Waals surface area contributed by atoms with E-state index in [2.05, 4.69) is 29.7 Å². The molecule has 0 radical (unpaired) electrons. The molecule has 1 fully saturated rings. The quantitative estimate of drug-likeness (QED) is 0.851. The first kappa shape index (κ1) is 14.1. The van der Waals surface area contributed by atoms with Crippen LogP contribution in [0.25, 0.3) is 0 Å². The van der Waals surface area contributed by atoms with Gasteiger partial charge in [-0.1, -0.05) is 30.3 Å². The molecule has 2 rings (SSSR count). The molecule has 104 valence electrons. The molecule has 3 heteroatoms. The summed E-state index contributed by atoms with van der Waals surface area (Å²) in [5.74, 6) is 0.763.